The van der Waals surface area contributed by atoms with Crippen LogP contribution in [0.5, 0.6) is 0 Å². The van der Waals surface area contributed by atoms with Crippen molar-refractivity contribution in [2.24, 2.45) is 0 Å². The van der Waals surface area contributed by atoms with Crippen molar-refractivity contribution in [1.82, 2.24) is 5.32 Å². The Balaban J connectivity index is 1.59. The van der Waals surface area contributed by atoms with Gasteiger partial charge in [0.1, 0.15) is 5.82 Å². The van der Waals surface area contributed by atoms with E-state index in [0.29, 0.717) is 5.75 Å². The van der Waals surface area contributed by atoms with E-state index in [4.69, 9.17) is 0 Å². The van der Waals surface area contributed by atoms with Gasteiger partial charge in [0.05, 0.1) is 0 Å². The molecule has 20 heavy (non-hydrogen) atoms. The molecule has 0 unspecified atom stereocenters. The van der Waals surface area contributed by atoms with E-state index in [9.17, 15) is 4.39 Å². The molecule has 104 valence electrons. The van der Waals surface area contributed by atoms with Gasteiger partial charge in [0.25, 0.3) is 0 Å². The molecule has 0 bridgehead atoms. The third-order valence-electron chi connectivity index (χ3n) is 3.42. The number of benzene rings is 2. The first-order chi connectivity index (χ1) is 9.81. The van der Waals surface area contributed by atoms with Crippen molar-refractivity contribution in [3.05, 3.63) is 65.5 Å². The average Bonchev–Trinajstić information content (AvgIpc) is 3.29. The fourth-order valence-electron chi connectivity index (χ4n) is 2.07. The Morgan fingerprint density at radius 2 is 1.95 bits per heavy atom. The summed E-state index contributed by atoms with van der Waals surface area (Å²) in [5, 5.41) is 3.51. The third kappa shape index (κ3) is 3.84. The maximum absolute atomic E-state index is 13.6. The fourth-order valence-corrected chi connectivity index (χ4v) is 3.04. The summed E-state index contributed by atoms with van der Waals surface area (Å²) in [6, 6.07) is 16.2. The Morgan fingerprint density at radius 1 is 1.10 bits per heavy atom. The Hall–Kier alpha value is -1.32. The van der Waals surface area contributed by atoms with Crippen LogP contribution >= 0.6 is 11.8 Å². The van der Waals surface area contributed by atoms with E-state index in [1.165, 1.54) is 29.4 Å². The summed E-state index contributed by atoms with van der Waals surface area (Å²) in [6.07, 6.45) is 2.61. The second-order valence-corrected chi connectivity index (χ2v) is 6.23. The van der Waals surface area contributed by atoms with Crippen LogP contribution in [0, 0.1) is 5.82 Å². The summed E-state index contributed by atoms with van der Waals surface area (Å²) in [4.78, 5) is 1.20. The molecule has 1 aliphatic carbocycles. The number of halogens is 1. The lowest BCUT2D eigenvalue weighted by Gasteiger charge is -2.07. The molecule has 0 aromatic heterocycles. The highest BCUT2D eigenvalue weighted by Gasteiger charge is 2.19. The summed E-state index contributed by atoms with van der Waals surface area (Å²) < 4.78 is 13.6. The molecule has 1 aliphatic rings. The Bertz CT molecular complexity index is 581. The van der Waals surface area contributed by atoms with E-state index in [1.807, 2.05) is 12.1 Å². The molecule has 1 fully saturated rings. The molecule has 2 aromatic rings. The monoisotopic (exact) mass is 287 g/mol. The highest BCUT2D eigenvalue weighted by molar-refractivity contribution is 7.98. The zero-order valence-electron chi connectivity index (χ0n) is 11.3. The largest absolute Gasteiger partial charge is 0.310 e. The van der Waals surface area contributed by atoms with Gasteiger partial charge in [0.2, 0.25) is 0 Å². The molecular formula is C17H18FNS. The molecule has 0 heterocycles. The van der Waals surface area contributed by atoms with Crippen molar-refractivity contribution >= 4 is 11.8 Å². The van der Waals surface area contributed by atoms with Gasteiger partial charge >= 0.3 is 0 Å². The standard InChI is InChI=1S/C17H18FNS/c18-17-7-2-1-5-14(17)12-20-16-6-3-4-13(10-16)11-19-15-8-9-15/h1-7,10,15,19H,8-9,11-12H2. The first kappa shape index (κ1) is 13.7. The topological polar surface area (TPSA) is 12.0 Å². The van der Waals surface area contributed by atoms with Gasteiger partial charge in [-0.05, 0) is 42.2 Å². The second kappa shape index (κ2) is 6.42. The molecule has 1 saturated carbocycles. The molecule has 0 radical (unpaired) electrons. The maximum atomic E-state index is 13.6. The highest BCUT2D eigenvalue weighted by Crippen LogP contribution is 2.25. The summed E-state index contributed by atoms with van der Waals surface area (Å²) in [6.45, 7) is 0.929. The van der Waals surface area contributed by atoms with Crippen LogP contribution in [0.1, 0.15) is 24.0 Å². The summed E-state index contributed by atoms with van der Waals surface area (Å²) >= 11 is 1.68. The van der Waals surface area contributed by atoms with Crippen LogP contribution in [0.3, 0.4) is 0 Å². The van der Waals surface area contributed by atoms with Gasteiger partial charge in [0.15, 0.2) is 0 Å². The number of thioether (sulfide) groups is 1. The van der Waals surface area contributed by atoms with Crippen molar-refractivity contribution in [2.45, 2.75) is 36.1 Å². The van der Waals surface area contributed by atoms with Crippen LogP contribution in [-0.2, 0) is 12.3 Å². The first-order valence-electron chi connectivity index (χ1n) is 7.00. The maximum Gasteiger partial charge on any atom is 0.127 e. The normalized spacial score (nSPS) is 14.4. The molecule has 0 amide bonds. The van der Waals surface area contributed by atoms with Gasteiger partial charge in [-0.2, -0.15) is 0 Å². The van der Waals surface area contributed by atoms with Gasteiger partial charge in [-0.25, -0.2) is 4.39 Å². The summed E-state index contributed by atoms with van der Waals surface area (Å²) in [7, 11) is 0. The molecule has 3 rings (SSSR count). The summed E-state index contributed by atoms with van der Waals surface area (Å²) in [5.41, 5.74) is 2.06. The minimum Gasteiger partial charge on any atom is -0.310 e. The van der Waals surface area contributed by atoms with E-state index in [2.05, 4.69) is 29.6 Å². The minimum atomic E-state index is -0.119. The van der Waals surface area contributed by atoms with E-state index < -0.39 is 0 Å². The SMILES string of the molecule is Fc1ccccc1CSc1cccc(CNC2CC2)c1. The van der Waals surface area contributed by atoms with Crippen LogP contribution in [-0.4, -0.2) is 6.04 Å². The number of rotatable bonds is 6. The van der Waals surface area contributed by atoms with Crippen LogP contribution < -0.4 is 5.32 Å². The van der Waals surface area contributed by atoms with Crippen molar-refractivity contribution in [1.29, 1.82) is 0 Å². The Labute approximate surface area is 123 Å². The molecule has 0 spiro atoms. The number of nitrogens with one attached hydrogen (secondary N) is 1. The summed E-state index contributed by atoms with van der Waals surface area (Å²) in [5.74, 6) is 0.554. The minimum absolute atomic E-state index is 0.119. The molecule has 0 saturated heterocycles. The fraction of sp³-hybridized carbons (Fsp3) is 0.294. The predicted octanol–water partition coefficient (Wildman–Crippen LogP) is 4.37. The molecule has 1 N–H and O–H groups in total. The van der Waals surface area contributed by atoms with Crippen LogP contribution in [0.2, 0.25) is 0 Å². The van der Waals surface area contributed by atoms with Gasteiger partial charge < -0.3 is 5.32 Å². The molecule has 0 aliphatic heterocycles. The Morgan fingerprint density at radius 3 is 2.75 bits per heavy atom. The Kier molecular flexibility index (Phi) is 4.38. The van der Waals surface area contributed by atoms with Crippen molar-refractivity contribution < 1.29 is 4.39 Å². The third-order valence-corrected chi connectivity index (χ3v) is 4.47. The van der Waals surface area contributed by atoms with Gasteiger partial charge in [-0.1, -0.05) is 30.3 Å². The zero-order chi connectivity index (χ0) is 13.8. The van der Waals surface area contributed by atoms with Crippen molar-refractivity contribution in [3.8, 4) is 0 Å². The molecule has 2 aromatic carbocycles. The lowest BCUT2D eigenvalue weighted by atomic mass is 10.2. The molecule has 0 atom stereocenters. The highest BCUT2D eigenvalue weighted by atomic mass is 32.2. The smallest absolute Gasteiger partial charge is 0.127 e. The predicted molar refractivity (Wildman–Crippen MR) is 82.3 cm³/mol. The first-order valence-corrected chi connectivity index (χ1v) is 7.98. The van der Waals surface area contributed by atoms with E-state index in [-0.39, 0.29) is 5.82 Å². The van der Waals surface area contributed by atoms with Crippen molar-refractivity contribution in [3.63, 3.8) is 0 Å². The van der Waals surface area contributed by atoms with Crippen LogP contribution in [0.15, 0.2) is 53.4 Å². The zero-order valence-corrected chi connectivity index (χ0v) is 12.1. The lowest BCUT2D eigenvalue weighted by molar-refractivity contribution is 0.617. The average molecular weight is 287 g/mol. The molecule has 1 nitrogen and oxygen atoms in total. The van der Waals surface area contributed by atoms with E-state index >= 15 is 0 Å². The van der Waals surface area contributed by atoms with Crippen molar-refractivity contribution in [2.75, 3.05) is 0 Å². The van der Waals surface area contributed by atoms with Crippen LogP contribution in [0.25, 0.3) is 0 Å². The molecule has 3 heteroatoms. The lowest BCUT2D eigenvalue weighted by Crippen LogP contribution is -2.15. The number of hydrogen-bond acceptors (Lipinski definition) is 2. The van der Waals surface area contributed by atoms with E-state index in [0.717, 1.165) is 18.2 Å². The van der Waals surface area contributed by atoms with Gasteiger partial charge in [-0.15, -0.1) is 11.8 Å². The quantitative estimate of drug-likeness (QED) is 0.792. The van der Waals surface area contributed by atoms with E-state index in [1.54, 1.807) is 17.8 Å². The van der Waals surface area contributed by atoms with Crippen LogP contribution in [0.4, 0.5) is 4.39 Å². The van der Waals surface area contributed by atoms with Gasteiger partial charge in [-0.3, -0.25) is 0 Å². The molecular weight excluding hydrogens is 269 g/mol. The second-order valence-electron chi connectivity index (χ2n) is 5.18. The van der Waals surface area contributed by atoms with Gasteiger partial charge in [0, 0.05) is 23.2 Å². The number of hydrogen-bond donors (Lipinski definition) is 1.